The Kier molecular flexibility index (Phi) is 3.71. The minimum absolute atomic E-state index is 0.294. The number of ether oxygens (including phenoxy) is 1. The number of nitrogens with two attached hydrogens (primary N) is 1. The molecule has 1 saturated heterocycles. The van der Waals surface area contributed by atoms with Crippen molar-refractivity contribution in [1.82, 2.24) is 0 Å². The summed E-state index contributed by atoms with van der Waals surface area (Å²) in [7, 11) is 0. The lowest BCUT2D eigenvalue weighted by molar-refractivity contribution is 0.321. The van der Waals surface area contributed by atoms with Gasteiger partial charge in [-0.1, -0.05) is 0 Å². The fourth-order valence-corrected chi connectivity index (χ4v) is 2.23. The topological polar surface area (TPSA) is 38.5 Å². The summed E-state index contributed by atoms with van der Waals surface area (Å²) in [5.41, 5.74) is 7.27. The number of hydrogen-bond acceptors (Lipinski definition) is 3. The Morgan fingerprint density at radius 3 is 2.65 bits per heavy atom. The number of anilines is 2. The van der Waals surface area contributed by atoms with Gasteiger partial charge in [-0.2, -0.15) is 0 Å². The van der Waals surface area contributed by atoms with E-state index in [9.17, 15) is 4.39 Å². The van der Waals surface area contributed by atoms with Crippen LogP contribution in [0.3, 0.4) is 0 Å². The molecule has 0 amide bonds. The molecule has 0 aliphatic carbocycles. The van der Waals surface area contributed by atoms with Crippen molar-refractivity contribution < 1.29 is 9.13 Å². The third-order valence-corrected chi connectivity index (χ3v) is 3.08. The van der Waals surface area contributed by atoms with Crippen LogP contribution in [0.4, 0.5) is 15.8 Å². The number of rotatable bonds is 3. The summed E-state index contributed by atoms with van der Waals surface area (Å²) < 4.78 is 18.8. The van der Waals surface area contributed by atoms with Crippen molar-refractivity contribution in [2.75, 3.05) is 30.3 Å². The monoisotopic (exact) mass is 238 g/mol. The van der Waals surface area contributed by atoms with Gasteiger partial charge in [-0.15, -0.1) is 0 Å². The van der Waals surface area contributed by atoms with Gasteiger partial charge in [-0.3, -0.25) is 0 Å². The van der Waals surface area contributed by atoms with Crippen LogP contribution < -0.4 is 15.4 Å². The molecular weight excluding hydrogens is 219 g/mol. The number of hydrogen-bond donors (Lipinski definition) is 1. The summed E-state index contributed by atoms with van der Waals surface area (Å²) in [5.74, 6) is -0.0904. The minimum Gasteiger partial charge on any atom is -0.491 e. The summed E-state index contributed by atoms with van der Waals surface area (Å²) >= 11 is 0. The number of piperidine rings is 1. The van der Waals surface area contributed by atoms with Gasteiger partial charge in [0, 0.05) is 25.2 Å². The molecule has 1 aromatic rings. The zero-order valence-corrected chi connectivity index (χ0v) is 10.2. The highest BCUT2D eigenvalue weighted by atomic mass is 19.1. The van der Waals surface area contributed by atoms with Gasteiger partial charge >= 0.3 is 0 Å². The quantitative estimate of drug-likeness (QED) is 0.823. The van der Waals surface area contributed by atoms with E-state index in [1.165, 1.54) is 25.3 Å². The largest absolute Gasteiger partial charge is 0.491 e. The Morgan fingerprint density at radius 2 is 2.00 bits per heavy atom. The third kappa shape index (κ3) is 2.62. The first-order valence-corrected chi connectivity index (χ1v) is 6.19. The second-order valence-corrected chi connectivity index (χ2v) is 4.32. The van der Waals surface area contributed by atoms with Crippen LogP contribution in [0.5, 0.6) is 5.75 Å². The molecule has 3 nitrogen and oxygen atoms in total. The molecule has 0 bridgehead atoms. The van der Waals surface area contributed by atoms with Crippen LogP contribution in [0.25, 0.3) is 0 Å². The Balaban J connectivity index is 2.28. The highest BCUT2D eigenvalue weighted by molar-refractivity contribution is 5.70. The number of halogens is 1. The Hall–Kier alpha value is -1.45. The van der Waals surface area contributed by atoms with E-state index in [4.69, 9.17) is 10.5 Å². The van der Waals surface area contributed by atoms with Gasteiger partial charge in [0.2, 0.25) is 0 Å². The highest BCUT2D eigenvalue weighted by Gasteiger charge is 2.16. The average Bonchev–Trinajstić information content (AvgIpc) is 2.34. The molecule has 17 heavy (non-hydrogen) atoms. The molecule has 0 saturated carbocycles. The van der Waals surface area contributed by atoms with Gasteiger partial charge < -0.3 is 15.4 Å². The van der Waals surface area contributed by atoms with Gasteiger partial charge in [-0.05, 0) is 26.2 Å². The van der Waals surface area contributed by atoms with E-state index >= 15 is 0 Å². The summed E-state index contributed by atoms with van der Waals surface area (Å²) in [4.78, 5) is 2.21. The SMILES string of the molecule is CCOc1cc(N2CCCCC2)c(N)cc1F. The zero-order chi connectivity index (χ0) is 12.3. The van der Waals surface area contributed by atoms with Crippen molar-refractivity contribution in [2.45, 2.75) is 26.2 Å². The van der Waals surface area contributed by atoms with Crippen LogP contribution >= 0.6 is 0 Å². The first-order valence-electron chi connectivity index (χ1n) is 6.19. The first-order chi connectivity index (χ1) is 8.22. The Bertz CT molecular complexity index is 389. The molecule has 1 fully saturated rings. The fraction of sp³-hybridized carbons (Fsp3) is 0.538. The van der Waals surface area contributed by atoms with E-state index in [2.05, 4.69) is 4.90 Å². The van der Waals surface area contributed by atoms with Crippen LogP contribution in [0, 0.1) is 5.82 Å². The van der Waals surface area contributed by atoms with E-state index in [0.29, 0.717) is 18.0 Å². The molecule has 1 heterocycles. The summed E-state index contributed by atoms with van der Waals surface area (Å²) in [6, 6.07) is 3.08. The van der Waals surface area contributed by atoms with Crippen molar-refractivity contribution in [3.8, 4) is 5.75 Å². The maximum Gasteiger partial charge on any atom is 0.167 e. The van der Waals surface area contributed by atoms with E-state index in [0.717, 1.165) is 18.8 Å². The maximum atomic E-state index is 13.6. The molecule has 94 valence electrons. The number of nitrogens with zero attached hydrogens (tertiary/aromatic N) is 1. The molecule has 1 aliphatic rings. The molecule has 1 aromatic carbocycles. The van der Waals surface area contributed by atoms with Crippen molar-refractivity contribution in [2.24, 2.45) is 0 Å². The lowest BCUT2D eigenvalue weighted by atomic mass is 10.1. The van der Waals surface area contributed by atoms with E-state index in [1.807, 2.05) is 6.92 Å². The van der Waals surface area contributed by atoms with Gasteiger partial charge in [0.05, 0.1) is 18.0 Å². The predicted octanol–water partition coefficient (Wildman–Crippen LogP) is 2.80. The van der Waals surface area contributed by atoms with E-state index < -0.39 is 0 Å². The Labute approximate surface area is 101 Å². The van der Waals surface area contributed by atoms with Crippen molar-refractivity contribution in [1.29, 1.82) is 0 Å². The second kappa shape index (κ2) is 5.25. The predicted molar refractivity (Wildman–Crippen MR) is 68.0 cm³/mol. The van der Waals surface area contributed by atoms with Crippen molar-refractivity contribution in [3.63, 3.8) is 0 Å². The molecular formula is C13H19FN2O. The van der Waals surface area contributed by atoms with Crippen LogP contribution in [0.15, 0.2) is 12.1 Å². The molecule has 1 aliphatic heterocycles. The van der Waals surface area contributed by atoms with Crippen molar-refractivity contribution >= 4 is 11.4 Å². The lowest BCUT2D eigenvalue weighted by Gasteiger charge is -2.30. The zero-order valence-electron chi connectivity index (χ0n) is 10.2. The van der Waals surface area contributed by atoms with Crippen LogP contribution in [-0.4, -0.2) is 19.7 Å². The molecule has 2 rings (SSSR count). The maximum absolute atomic E-state index is 13.6. The highest BCUT2D eigenvalue weighted by Crippen LogP contribution is 2.32. The third-order valence-electron chi connectivity index (χ3n) is 3.08. The van der Waals surface area contributed by atoms with Gasteiger partial charge in [0.1, 0.15) is 0 Å². The minimum atomic E-state index is -0.384. The molecule has 0 atom stereocenters. The number of nitrogen functional groups attached to an aromatic ring is 1. The normalized spacial score (nSPS) is 16.0. The van der Waals surface area contributed by atoms with Crippen LogP contribution in [-0.2, 0) is 0 Å². The molecule has 2 N–H and O–H groups in total. The van der Waals surface area contributed by atoms with E-state index in [1.54, 1.807) is 6.07 Å². The average molecular weight is 238 g/mol. The summed E-state index contributed by atoms with van der Waals surface area (Å²) in [5, 5.41) is 0. The van der Waals surface area contributed by atoms with E-state index in [-0.39, 0.29) is 5.82 Å². The van der Waals surface area contributed by atoms with Gasteiger partial charge in [0.25, 0.3) is 0 Å². The molecule has 0 radical (unpaired) electrons. The van der Waals surface area contributed by atoms with Gasteiger partial charge in [0.15, 0.2) is 11.6 Å². The van der Waals surface area contributed by atoms with Crippen molar-refractivity contribution in [3.05, 3.63) is 17.9 Å². The summed E-state index contributed by atoms with van der Waals surface area (Å²) in [6.07, 6.45) is 3.59. The number of benzene rings is 1. The molecule has 0 aromatic heterocycles. The second-order valence-electron chi connectivity index (χ2n) is 4.32. The van der Waals surface area contributed by atoms with Crippen LogP contribution in [0.1, 0.15) is 26.2 Å². The summed E-state index contributed by atoms with van der Waals surface area (Å²) in [6.45, 7) is 4.28. The fourth-order valence-electron chi connectivity index (χ4n) is 2.23. The smallest absolute Gasteiger partial charge is 0.167 e. The lowest BCUT2D eigenvalue weighted by Crippen LogP contribution is -2.30. The Morgan fingerprint density at radius 1 is 1.29 bits per heavy atom. The molecule has 0 unspecified atom stereocenters. The molecule has 4 heteroatoms. The first kappa shape index (κ1) is 12.0. The molecule has 0 spiro atoms. The standard InChI is InChI=1S/C13H19FN2O/c1-2-17-13-9-12(11(15)8-10(13)14)16-6-4-3-5-7-16/h8-9H,2-7,15H2,1H3. The van der Waals surface area contributed by atoms with Crippen LogP contribution in [0.2, 0.25) is 0 Å². The van der Waals surface area contributed by atoms with Gasteiger partial charge in [-0.25, -0.2) is 4.39 Å².